The van der Waals surface area contributed by atoms with E-state index in [4.69, 9.17) is 21.5 Å². The van der Waals surface area contributed by atoms with Crippen LogP contribution >= 0.6 is 11.6 Å². The Hall–Kier alpha value is -4.76. The fraction of sp³-hybridized carbons (Fsp3) is 0.343. The quantitative estimate of drug-likeness (QED) is 0.143. The van der Waals surface area contributed by atoms with E-state index < -0.39 is 41.9 Å². The Kier molecular flexibility index (Phi) is 12.3. The molecule has 0 saturated heterocycles. The van der Waals surface area contributed by atoms with E-state index in [1.54, 1.807) is 11.0 Å². The van der Waals surface area contributed by atoms with Crippen LogP contribution in [0.25, 0.3) is 10.9 Å². The molecule has 0 bridgehead atoms. The third-order valence-corrected chi connectivity index (χ3v) is 8.55. The Morgan fingerprint density at radius 2 is 1.67 bits per heavy atom. The van der Waals surface area contributed by atoms with E-state index in [1.165, 1.54) is 12.1 Å². The minimum Gasteiger partial charge on any atom is -0.475 e. The highest BCUT2D eigenvalue weighted by Crippen LogP contribution is 2.35. The van der Waals surface area contributed by atoms with Crippen molar-refractivity contribution in [3.8, 4) is 0 Å². The number of carboxylic acid groups (broad SMARTS) is 1. The molecule has 0 radical (unpaired) electrons. The van der Waals surface area contributed by atoms with Gasteiger partial charge in [0.15, 0.2) is 0 Å². The minimum atomic E-state index is -5.08. The maximum atomic E-state index is 14.5. The van der Waals surface area contributed by atoms with Crippen LogP contribution in [0, 0.1) is 5.92 Å². The zero-order valence-corrected chi connectivity index (χ0v) is 28.5. The number of H-pyrrole nitrogens is 1. The van der Waals surface area contributed by atoms with Gasteiger partial charge in [0.1, 0.15) is 6.04 Å². The molecular formula is C35H36ClF6N5O4. The maximum absolute atomic E-state index is 14.5. The molecule has 0 saturated carbocycles. The highest BCUT2D eigenvalue weighted by Gasteiger charge is 2.39. The van der Waals surface area contributed by atoms with Gasteiger partial charge in [0, 0.05) is 53.4 Å². The topological polar surface area (TPSA) is 118 Å². The van der Waals surface area contributed by atoms with Crippen LogP contribution in [-0.4, -0.2) is 72.3 Å². The average molecular weight is 740 g/mol. The molecule has 2 unspecified atom stereocenters. The van der Waals surface area contributed by atoms with Gasteiger partial charge < -0.3 is 30.5 Å². The van der Waals surface area contributed by atoms with Crippen molar-refractivity contribution >= 4 is 46.1 Å². The van der Waals surface area contributed by atoms with E-state index in [-0.39, 0.29) is 18.4 Å². The molecular weight excluding hydrogens is 704 g/mol. The van der Waals surface area contributed by atoms with E-state index in [9.17, 15) is 35.9 Å². The van der Waals surface area contributed by atoms with E-state index in [0.29, 0.717) is 17.1 Å². The fourth-order valence-corrected chi connectivity index (χ4v) is 6.16. The summed E-state index contributed by atoms with van der Waals surface area (Å²) < 4.78 is 70.6. The molecule has 4 aromatic rings. The van der Waals surface area contributed by atoms with Crippen LogP contribution in [-0.2, 0) is 28.7 Å². The first-order chi connectivity index (χ1) is 23.8. The van der Waals surface area contributed by atoms with E-state index in [1.807, 2.05) is 63.6 Å². The summed E-state index contributed by atoms with van der Waals surface area (Å²) in [6.07, 6.45) is -6.91. The number of alkyl halides is 6. The molecule has 4 N–H and O–H groups in total. The van der Waals surface area contributed by atoms with Crippen molar-refractivity contribution < 1.29 is 45.8 Å². The SMILES string of the molecule is CC(c1c[nH]c2ccccc12)C(NC(=O)NCc1ccc(C(F)(F)F)cc1)C(=O)N1C[C@@H](CN(C)C)Cc2cc(Cl)ccc21.O=C(O)C(F)(F)F. The summed E-state index contributed by atoms with van der Waals surface area (Å²) in [7, 11) is 3.98. The molecule has 3 aromatic carbocycles. The molecule has 9 nitrogen and oxygen atoms in total. The summed E-state index contributed by atoms with van der Waals surface area (Å²) in [6.45, 7) is 3.12. The third-order valence-electron chi connectivity index (χ3n) is 8.31. The van der Waals surface area contributed by atoms with Crippen molar-refractivity contribution in [1.82, 2.24) is 20.5 Å². The van der Waals surface area contributed by atoms with Crippen molar-refractivity contribution in [3.05, 3.63) is 100 Å². The predicted octanol–water partition coefficient (Wildman–Crippen LogP) is 7.21. The number of para-hydroxylation sites is 1. The first-order valence-corrected chi connectivity index (χ1v) is 16.0. The Morgan fingerprint density at radius 3 is 2.27 bits per heavy atom. The lowest BCUT2D eigenvalue weighted by Gasteiger charge is -2.38. The predicted molar refractivity (Wildman–Crippen MR) is 181 cm³/mol. The van der Waals surface area contributed by atoms with Crippen LogP contribution < -0.4 is 15.5 Å². The van der Waals surface area contributed by atoms with Crippen LogP contribution in [0.15, 0.2) is 72.9 Å². The Balaban J connectivity index is 0.000000755. The number of halogens is 7. The van der Waals surface area contributed by atoms with Gasteiger partial charge in [-0.2, -0.15) is 26.3 Å². The number of aromatic nitrogens is 1. The van der Waals surface area contributed by atoms with Gasteiger partial charge in [0.25, 0.3) is 0 Å². The minimum absolute atomic E-state index is 0.0116. The van der Waals surface area contributed by atoms with Gasteiger partial charge >= 0.3 is 24.4 Å². The number of nitrogens with zero attached hydrogens (tertiary/aromatic N) is 2. The number of anilines is 1. The van der Waals surface area contributed by atoms with Crippen LogP contribution in [0.3, 0.4) is 0 Å². The number of carbonyl (C=O) groups excluding carboxylic acids is 2. The number of hydrogen-bond acceptors (Lipinski definition) is 4. The standard InChI is InChI=1S/C33H35ClF3N5O2.C2HF3O2/c1-20(27-17-38-28-7-5-4-6-26(27)28)30(40-32(44)39-16-21-8-10-24(11-9-21)33(35,36)37)31(43)42-19-22(18-41(2)3)14-23-15-25(34)12-13-29(23)42;3-2(4,5)1(6)7/h4-13,15,17,20,22,30,38H,14,16,18-19H2,1-3H3,(H2,39,40,44);(H,6,7)/t20?,22-,30?;/m1./s1. The fourth-order valence-electron chi connectivity index (χ4n) is 5.97. The molecule has 1 aliphatic rings. The van der Waals surface area contributed by atoms with Crippen LogP contribution in [0.2, 0.25) is 5.02 Å². The Bertz CT molecular complexity index is 1840. The van der Waals surface area contributed by atoms with Crippen molar-refractivity contribution in [2.24, 2.45) is 5.92 Å². The number of carboxylic acids is 1. The number of rotatable bonds is 8. The van der Waals surface area contributed by atoms with Gasteiger partial charge in [-0.05, 0) is 79.5 Å². The molecule has 0 fully saturated rings. The number of benzene rings is 3. The van der Waals surface area contributed by atoms with Gasteiger partial charge in [-0.3, -0.25) is 4.79 Å². The molecule has 2 heterocycles. The first-order valence-electron chi connectivity index (χ1n) is 15.7. The number of amides is 3. The highest BCUT2D eigenvalue weighted by molar-refractivity contribution is 6.30. The zero-order chi connectivity index (χ0) is 37.7. The van der Waals surface area contributed by atoms with Crippen molar-refractivity contribution in [1.29, 1.82) is 0 Å². The average Bonchev–Trinajstić information content (AvgIpc) is 3.49. The highest BCUT2D eigenvalue weighted by atomic mass is 35.5. The van der Waals surface area contributed by atoms with Crippen LogP contribution in [0.4, 0.5) is 36.8 Å². The number of nitrogens with one attached hydrogen (secondary N) is 3. The monoisotopic (exact) mass is 739 g/mol. The Morgan fingerprint density at radius 1 is 1.02 bits per heavy atom. The lowest BCUT2D eigenvalue weighted by molar-refractivity contribution is -0.192. The van der Waals surface area contributed by atoms with Crippen molar-refractivity contribution in [2.75, 3.05) is 32.1 Å². The molecule has 274 valence electrons. The smallest absolute Gasteiger partial charge is 0.475 e. The van der Waals surface area contributed by atoms with Gasteiger partial charge in [0.05, 0.1) is 5.56 Å². The van der Waals surface area contributed by atoms with Crippen molar-refractivity contribution in [2.45, 2.75) is 44.2 Å². The number of aliphatic carboxylic acids is 1. The molecule has 51 heavy (non-hydrogen) atoms. The van der Waals surface area contributed by atoms with Gasteiger partial charge in [-0.25, -0.2) is 9.59 Å². The Labute approximate surface area is 294 Å². The first kappa shape index (κ1) is 39.0. The second-order valence-electron chi connectivity index (χ2n) is 12.4. The van der Waals surface area contributed by atoms with Crippen molar-refractivity contribution in [3.63, 3.8) is 0 Å². The normalized spacial score (nSPS) is 15.7. The van der Waals surface area contributed by atoms with Gasteiger partial charge in [0.2, 0.25) is 5.91 Å². The van der Waals surface area contributed by atoms with E-state index >= 15 is 0 Å². The van der Waals surface area contributed by atoms with Crippen LogP contribution in [0.1, 0.15) is 35.1 Å². The second-order valence-corrected chi connectivity index (χ2v) is 12.9. The number of aromatic amines is 1. The zero-order valence-electron chi connectivity index (χ0n) is 27.7. The lowest BCUT2D eigenvalue weighted by Crippen LogP contribution is -2.55. The molecule has 1 aliphatic heterocycles. The molecule has 5 rings (SSSR count). The summed E-state index contributed by atoms with van der Waals surface area (Å²) in [5.41, 5.74) is 3.25. The van der Waals surface area contributed by atoms with E-state index in [0.717, 1.165) is 52.8 Å². The molecule has 0 aliphatic carbocycles. The molecule has 1 aromatic heterocycles. The number of hydrogen-bond donors (Lipinski definition) is 4. The summed E-state index contributed by atoms with van der Waals surface area (Å²) in [5.74, 6) is -3.30. The summed E-state index contributed by atoms with van der Waals surface area (Å²) >= 11 is 6.34. The molecule has 16 heteroatoms. The summed E-state index contributed by atoms with van der Waals surface area (Å²) in [5, 5.41) is 14.3. The molecule has 0 spiro atoms. The molecule has 3 amide bonds. The second kappa shape index (κ2) is 16.1. The summed E-state index contributed by atoms with van der Waals surface area (Å²) in [6, 6.07) is 16.3. The van der Waals surface area contributed by atoms with Crippen LogP contribution in [0.5, 0.6) is 0 Å². The number of carbonyl (C=O) groups is 3. The lowest BCUT2D eigenvalue weighted by atomic mass is 9.88. The number of fused-ring (bicyclic) bond motifs is 2. The van der Waals surface area contributed by atoms with Gasteiger partial charge in [-0.1, -0.05) is 48.9 Å². The summed E-state index contributed by atoms with van der Waals surface area (Å²) in [4.78, 5) is 43.8. The van der Waals surface area contributed by atoms with Gasteiger partial charge in [-0.15, -0.1) is 0 Å². The maximum Gasteiger partial charge on any atom is 0.490 e. The molecule has 3 atom stereocenters. The number of urea groups is 1. The third kappa shape index (κ3) is 10.2. The largest absolute Gasteiger partial charge is 0.490 e. The van der Waals surface area contributed by atoms with E-state index in [2.05, 4.69) is 20.5 Å².